The maximum atomic E-state index is 11.5. The molecule has 0 fully saturated rings. The van der Waals surface area contributed by atoms with E-state index in [1.807, 2.05) is 44.2 Å². The minimum atomic E-state index is 0.0474. The molecule has 0 unspecified atom stereocenters. The fourth-order valence-corrected chi connectivity index (χ4v) is 2.08. The third-order valence-corrected chi connectivity index (χ3v) is 2.94. The Balaban J connectivity index is 2.65. The molecule has 0 radical (unpaired) electrons. The van der Waals surface area contributed by atoms with Crippen LogP contribution >= 0.6 is 0 Å². The first-order valence-electron chi connectivity index (χ1n) is 6.50. The van der Waals surface area contributed by atoms with E-state index in [1.54, 1.807) is 6.92 Å². The average molecular weight is 258 g/mol. The Kier molecular flexibility index (Phi) is 4.05. The molecule has 0 N–H and O–H groups in total. The zero-order chi connectivity index (χ0) is 13.8. The van der Waals surface area contributed by atoms with Crippen LogP contribution in [0, 0.1) is 0 Å². The zero-order valence-corrected chi connectivity index (χ0v) is 11.5. The van der Waals surface area contributed by atoms with Crippen molar-refractivity contribution in [3.8, 4) is 11.5 Å². The Labute approximate surface area is 113 Å². The van der Waals surface area contributed by atoms with Crippen LogP contribution < -0.4 is 9.47 Å². The summed E-state index contributed by atoms with van der Waals surface area (Å²) in [6, 6.07) is 9.40. The van der Waals surface area contributed by atoms with Gasteiger partial charge >= 0.3 is 0 Å². The van der Waals surface area contributed by atoms with Gasteiger partial charge in [0.1, 0.15) is 11.5 Å². The molecule has 0 spiro atoms. The standard InChI is InChI=1S/C16H18O3/c1-4-18-15-8-9-16(19-5-2)14-10-12(11(3)17)6-7-13(14)15/h6-10H,4-5H2,1-3H3. The van der Waals surface area contributed by atoms with E-state index in [4.69, 9.17) is 9.47 Å². The van der Waals surface area contributed by atoms with Gasteiger partial charge in [-0.3, -0.25) is 4.79 Å². The number of Topliss-reactive ketones (excluding diaryl/α,β-unsaturated/α-hetero) is 1. The molecule has 0 aliphatic carbocycles. The molecule has 0 aliphatic heterocycles. The first-order valence-corrected chi connectivity index (χ1v) is 6.50. The van der Waals surface area contributed by atoms with Crippen molar-refractivity contribution in [3.63, 3.8) is 0 Å². The van der Waals surface area contributed by atoms with Crippen molar-refractivity contribution in [1.29, 1.82) is 0 Å². The molecule has 0 aliphatic rings. The topological polar surface area (TPSA) is 35.5 Å². The molecule has 3 nitrogen and oxygen atoms in total. The predicted molar refractivity (Wildman–Crippen MR) is 76.3 cm³/mol. The number of carbonyl (C=O) groups is 1. The Bertz CT molecular complexity index is 602. The minimum absolute atomic E-state index is 0.0474. The highest BCUT2D eigenvalue weighted by Gasteiger charge is 2.10. The third kappa shape index (κ3) is 2.70. The second-order valence-electron chi connectivity index (χ2n) is 4.24. The summed E-state index contributed by atoms with van der Waals surface area (Å²) in [6.07, 6.45) is 0. The minimum Gasteiger partial charge on any atom is -0.493 e. The van der Waals surface area contributed by atoms with Crippen molar-refractivity contribution in [2.45, 2.75) is 20.8 Å². The Morgan fingerprint density at radius 3 is 2.05 bits per heavy atom. The van der Waals surface area contributed by atoms with Crippen LogP contribution in [0.1, 0.15) is 31.1 Å². The maximum absolute atomic E-state index is 11.5. The SMILES string of the molecule is CCOc1ccc(OCC)c2cc(C(C)=O)ccc12. The molecule has 0 bridgehead atoms. The van der Waals surface area contributed by atoms with Crippen LogP contribution in [-0.4, -0.2) is 19.0 Å². The molecule has 2 aromatic rings. The third-order valence-electron chi connectivity index (χ3n) is 2.94. The van der Waals surface area contributed by atoms with Gasteiger partial charge in [-0.05, 0) is 45.0 Å². The molecule has 19 heavy (non-hydrogen) atoms. The monoisotopic (exact) mass is 258 g/mol. The van der Waals surface area contributed by atoms with Crippen LogP contribution in [0.5, 0.6) is 11.5 Å². The highest BCUT2D eigenvalue weighted by molar-refractivity contribution is 6.01. The summed E-state index contributed by atoms with van der Waals surface area (Å²) in [4.78, 5) is 11.5. The predicted octanol–water partition coefficient (Wildman–Crippen LogP) is 3.84. The summed E-state index contributed by atoms with van der Waals surface area (Å²) >= 11 is 0. The zero-order valence-electron chi connectivity index (χ0n) is 11.5. The lowest BCUT2D eigenvalue weighted by molar-refractivity contribution is 0.101. The molecule has 2 rings (SSSR count). The second-order valence-corrected chi connectivity index (χ2v) is 4.24. The first-order chi connectivity index (χ1) is 9.17. The van der Waals surface area contributed by atoms with E-state index in [9.17, 15) is 4.79 Å². The van der Waals surface area contributed by atoms with E-state index in [-0.39, 0.29) is 5.78 Å². The van der Waals surface area contributed by atoms with Gasteiger partial charge in [0.05, 0.1) is 13.2 Å². The van der Waals surface area contributed by atoms with Gasteiger partial charge in [-0.1, -0.05) is 6.07 Å². The van der Waals surface area contributed by atoms with Crippen molar-refractivity contribution in [2.24, 2.45) is 0 Å². The summed E-state index contributed by atoms with van der Waals surface area (Å²) in [6.45, 7) is 6.65. The quantitative estimate of drug-likeness (QED) is 0.764. The number of ketones is 1. The van der Waals surface area contributed by atoms with Gasteiger partial charge in [-0.15, -0.1) is 0 Å². The van der Waals surface area contributed by atoms with Crippen LogP contribution in [0.15, 0.2) is 30.3 Å². The van der Waals surface area contributed by atoms with Crippen LogP contribution in [0.3, 0.4) is 0 Å². The molecule has 0 saturated carbocycles. The van der Waals surface area contributed by atoms with E-state index >= 15 is 0 Å². The lowest BCUT2D eigenvalue weighted by Gasteiger charge is -2.12. The summed E-state index contributed by atoms with van der Waals surface area (Å²) in [5.74, 6) is 1.64. The van der Waals surface area contributed by atoms with Gasteiger partial charge in [0, 0.05) is 16.3 Å². The molecule has 100 valence electrons. The van der Waals surface area contributed by atoms with Gasteiger partial charge in [-0.25, -0.2) is 0 Å². The van der Waals surface area contributed by atoms with Gasteiger partial charge in [0.2, 0.25) is 0 Å². The molecular formula is C16H18O3. The van der Waals surface area contributed by atoms with E-state index in [1.165, 1.54) is 0 Å². The molecule has 0 atom stereocenters. The highest BCUT2D eigenvalue weighted by Crippen LogP contribution is 2.34. The number of hydrogen-bond acceptors (Lipinski definition) is 3. The Hall–Kier alpha value is -2.03. The number of carbonyl (C=O) groups excluding carboxylic acids is 1. The molecule has 0 heterocycles. The van der Waals surface area contributed by atoms with E-state index in [0.717, 1.165) is 22.3 Å². The van der Waals surface area contributed by atoms with Gasteiger partial charge in [0.25, 0.3) is 0 Å². The largest absolute Gasteiger partial charge is 0.493 e. The van der Waals surface area contributed by atoms with E-state index < -0.39 is 0 Å². The summed E-state index contributed by atoms with van der Waals surface area (Å²) in [7, 11) is 0. The summed E-state index contributed by atoms with van der Waals surface area (Å²) in [5.41, 5.74) is 0.683. The fraction of sp³-hybridized carbons (Fsp3) is 0.312. The fourth-order valence-electron chi connectivity index (χ4n) is 2.08. The number of benzene rings is 2. The van der Waals surface area contributed by atoms with Gasteiger partial charge in [-0.2, -0.15) is 0 Å². The van der Waals surface area contributed by atoms with Crippen molar-refractivity contribution in [1.82, 2.24) is 0 Å². The Morgan fingerprint density at radius 1 is 0.947 bits per heavy atom. The number of hydrogen-bond donors (Lipinski definition) is 0. The van der Waals surface area contributed by atoms with Crippen molar-refractivity contribution in [2.75, 3.05) is 13.2 Å². The molecule has 0 saturated heterocycles. The Morgan fingerprint density at radius 2 is 1.53 bits per heavy atom. The van der Waals surface area contributed by atoms with E-state index in [0.29, 0.717) is 18.8 Å². The maximum Gasteiger partial charge on any atom is 0.159 e. The summed E-state index contributed by atoms with van der Waals surface area (Å²) < 4.78 is 11.2. The van der Waals surface area contributed by atoms with Crippen molar-refractivity contribution < 1.29 is 14.3 Å². The molecule has 2 aromatic carbocycles. The molecule has 0 aromatic heterocycles. The lowest BCUT2D eigenvalue weighted by Crippen LogP contribution is -1.98. The van der Waals surface area contributed by atoms with Gasteiger partial charge in [0.15, 0.2) is 5.78 Å². The van der Waals surface area contributed by atoms with E-state index in [2.05, 4.69) is 0 Å². The first kappa shape index (κ1) is 13.4. The molecule has 3 heteroatoms. The van der Waals surface area contributed by atoms with Crippen LogP contribution in [-0.2, 0) is 0 Å². The number of fused-ring (bicyclic) bond motifs is 1. The van der Waals surface area contributed by atoms with Crippen LogP contribution in [0.2, 0.25) is 0 Å². The van der Waals surface area contributed by atoms with Crippen molar-refractivity contribution >= 4 is 16.6 Å². The smallest absolute Gasteiger partial charge is 0.159 e. The normalized spacial score (nSPS) is 10.5. The molecule has 0 amide bonds. The number of rotatable bonds is 5. The highest BCUT2D eigenvalue weighted by atomic mass is 16.5. The van der Waals surface area contributed by atoms with Crippen molar-refractivity contribution in [3.05, 3.63) is 35.9 Å². The van der Waals surface area contributed by atoms with Gasteiger partial charge < -0.3 is 9.47 Å². The second kappa shape index (κ2) is 5.74. The average Bonchev–Trinajstić information content (AvgIpc) is 2.41. The van der Waals surface area contributed by atoms with Crippen LogP contribution in [0.4, 0.5) is 0 Å². The number of ether oxygens (including phenoxy) is 2. The lowest BCUT2D eigenvalue weighted by atomic mass is 10.0. The van der Waals surface area contributed by atoms with Crippen LogP contribution in [0.25, 0.3) is 10.8 Å². The molecular weight excluding hydrogens is 240 g/mol. The summed E-state index contributed by atoms with van der Waals surface area (Å²) in [5, 5.41) is 1.89.